The van der Waals surface area contributed by atoms with Crippen molar-refractivity contribution in [1.82, 2.24) is 15.5 Å². The van der Waals surface area contributed by atoms with Gasteiger partial charge in [-0.25, -0.2) is 4.79 Å². The van der Waals surface area contributed by atoms with Gasteiger partial charge in [-0.1, -0.05) is 41.7 Å². The highest BCUT2D eigenvalue weighted by Crippen LogP contribution is 2.21. The van der Waals surface area contributed by atoms with E-state index in [1.54, 1.807) is 7.05 Å². The van der Waals surface area contributed by atoms with E-state index in [0.717, 1.165) is 6.42 Å². The van der Waals surface area contributed by atoms with E-state index in [1.807, 2.05) is 30.3 Å². The fourth-order valence-corrected chi connectivity index (χ4v) is 2.31. The van der Waals surface area contributed by atoms with Crippen LogP contribution in [0, 0.1) is 0 Å². The van der Waals surface area contributed by atoms with Gasteiger partial charge in [-0.15, -0.1) is 10.2 Å². The first-order valence-corrected chi connectivity index (χ1v) is 6.95. The summed E-state index contributed by atoms with van der Waals surface area (Å²) < 4.78 is 0.430. The van der Waals surface area contributed by atoms with Gasteiger partial charge in [0.15, 0.2) is 0 Å². The van der Waals surface area contributed by atoms with Gasteiger partial charge in [0.1, 0.15) is 0 Å². The number of anilines is 1. The van der Waals surface area contributed by atoms with Gasteiger partial charge in [0, 0.05) is 13.6 Å². The van der Waals surface area contributed by atoms with E-state index < -0.39 is 0 Å². The number of nitrogens with zero attached hydrogens (tertiary/aromatic N) is 3. The first-order valence-electron chi connectivity index (χ1n) is 5.73. The quantitative estimate of drug-likeness (QED) is 0.881. The number of urea groups is 1. The summed E-state index contributed by atoms with van der Waals surface area (Å²) in [6, 6.07) is 9.79. The van der Waals surface area contributed by atoms with Crippen molar-refractivity contribution in [2.75, 3.05) is 18.5 Å². The van der Waals surface area contributed by atoms with Gasteiger partial charge >= 0.3 is 6.03 Å². The Hall–Kier alpha value is -1.73. The Balaban J connectivity index is 1.81. The van der Waals surface area contributed by atoms with Crippen molar-refractivity contribution < 1.29 is 4.79 Å². The highest BCUT2D eigenvalue weighted by molar-refractivity contribution is 7.82. The summed E-state index contributed by atoms with van der Waals surface area (Å²) in [5.41, 5.74) is 1.19. The van der Waals surface area contributed by atoms with Gasteiger partial charge in [-0.2, -0.15) is 0 Å². The number of aromatic nitrogens is 2. The zero-order chi connectivity index (χ0) is 13.7. The van der Waals surface area contributed by atoms with Crippen molar-refractivity contribution >= 4 is 35.1 Å². The summed E-state index contributed by atoms with van der Waals surface area (Å²) in [6.45, 7) is 0.576. The lowest BCUT2D eigenvalue weighted by Crippen LogP contribution is -2.38. The van der Waals surface area contributed by atoms with Gasteiger partial charge < -0.3 is 5.32 Å². The molecule has 0 aliphatic rings. The molecule has 0 fully saturated rings. The third-order valence-electron chi connectivity index (χ3n) is 2.52. The summed E-state index contributed by atoms with van der Waals surface area (Å²) in [7, 11) is 1.65. The lowest BCUT2D eigenvalue weighted by Gasteiger charge is -2.14. The molecule has 19 heavy (non-hydrogen) atoms. The molecule has 1 heterocycles. The molecule has 0 saturated carbocycles. The summed E-state index contributed by atoms with van der Waals surface area (Å²) in [5.74, 6) is 0. The fraction of sp³-hybridized carbons (Fsp3) is 0.250. The van der Waals surface area contributed by atoms with Crippen LogP contribution in [0.4, 0.5) is 9.93 Å². The Morgan fingerprint density at radius 3 is 2.74 bits per heavy atom. The van der Waals surface area contributed by atoms with E-state index in [-0.39, 0.29) is 6.03 Å². The predicted molar refractivity (Wildman–Crippen MR) is 77.7 cm³/mol. The highest BCUT2D eigenvalue weighted by atomic mass is 32.2. The number of hydrogen-bond acceptors (Lipinski definition) is 4. The molecule has 1 N–H and O–H groups in total. The predicted octanol–water partition coefficient (Wildman–Crippen LogP) is 2.48. The van der Waals surface area contributed by atoms with Crippen molar-refractivity contribution in [3.05, 3.63) is 35.9 Å². The number of hydrogen-bond donors (Lipinski definition) is 1. The molecule has 99 valence electrons. The van der Waals surface area contributed by atoms with Crippen LogP contribution in [0.1, 0.15) is 5.56 Å². The minimum absolute atomic E-state index is 0.206. The number of benzene rings is 1. The molecule has 2 aromatic rings. The molecular formula is C12H13N4OS2. The molecule has 2 rings (SSSR count). The normalized spacial score (nSPS) is 10.2. The molecule has 0 bridgehead atoms. The average Bonchev–Trinajstić information content (AvgIpc) is 2.85. The van der Waals surface area contributed by atoms with Crippen molar-refractivity contribution in [3.8, 4) is 0 Å². The van der Waals surface area contributed by atoms with Crippen LogP contribution in [0.3, 0.4) is 0 Å². The Kier molecular flexibility index (Phi) is 4.64. The Morgan fingerprint density at radius 1 is 1.37 bits per heavy atom. The second-order valence-electron chi connectivity index (χ2n) is 3.88. The first-order chi connectivity index (χ1) is 9.16. The lowest BCUT2D eigenvalue weighted by atomic mass is 10.1. The van der Waals surface area contributed by atoms with Crippen molar-refractivity contribution in [2.45, 2.75) is 10.8 Å². The third kappa shape index (κ3) is 3.87. The Morgan fingerprint density at radius 2 is 2.11 bits per heavy atom. The van der Waals surface area contributed by atoms with Crippen molar-refractivity contribution in [2.24, 2.45) is 0 Å². The van der Waals surface area contributed by atoms with E-state index in [2.05, 4.69) is 15.5 Å². The summed E-state index contributed by atoms with van der Waals surface area (Å²) >= 11 is 6.09. The van der Waals surface area contributed by atoms with E-state index in [1.165, 1.54) is 21.8 Å². The molecule has 7 heteroatoms. The second kappa shape index (κ2) is 6.44. The molecule has 0 aliphatic carbocycles. The molecule has 0 spiro atoms. The standard InChI is InChI=1S/C12H13N4OS2/c1-16(11-14-15-12(18)19-11)10(17)13-8-7-9-5-3-2-4-6-9/h2-6H,7-8H2,1H3,(H,13,17). The minimum Gasteiger partial charge on any atom is -0.337 e. The van der Waals surface area contributed by atoms with Gasteiger partial charge in [0.2, 0.25) is 9.47 Å². The molecule has 0 aliphatic heterocycles. The smallest absolute Gasteiger partial charge is 0.323 e. The van der Waals surface area contributed by atoms with Crippen LogP contribution in [0.5, 0.6) is 0 Å². The molecule has 1 aromatic carbocycles. The summed E-state index contributed by atoms with van der Waals surface area (Å²) in [4.78, 5) is 13.3. The maximum Gasteiger partial charge on any atom is 0.323 e. The maximum absolute atomic E-state index is 11.9. The van der Waals surface area contributed by atoms with Crippen LogP contribution >= 0.6 is 24.0 Å². The zero-order valence-corrected chi connectivity index (χ0v) is 12.0. The van der Waals surface area contributed by atoms with Gasteiger partial charge in [-0.05, 0) is 24.6 Å². The Labute approximate surface area is 121 Å². The SMILES string of the molecule is CN(C(=O)NCCc1ccccc1)c1nnc([S])s1. The van der Waals surface area contributed by atoms with Crippen LogP contribution in [0.25, 0.3) is 0 Å². The maximum atomic E-state index is 11.9. The number of amides is 2. The highest BCUT2D eigenvalue weighted by Gasteiger charge is 2.14. The Bertz CT molecular complexity index is 544. The number of carbonyl (C=O) groups excluding carboxylic acids is 1. The van der Waals surface area contributed by atoms with Gasteiger partial charge in [-0.3, -0.25) is 4.90 Å². The second-order valence-corrected chi connectivity index (χ2v) is 5.48. The van der Waals surface area contributed by atoms with Gasteiger partial charge in [0.05, 0.1) is 0 Å². The first kappa shape index (κ1) is 13.7. The number of rotatable bonds is 4. The molecule has 0 atom stereocenters. The molecule has 0 saturated heterocycles. The molecule has 2 amide bonds. The average molecular weight is 293 g/mol. The van der Waals surface area contributed by atoms with E-state index in [9.17, 15) is 4.79 Å². The molecule has 1 radical (unpaired) electrons. The minimum atomic E-state index is -0.206. The van der Waals surface area contributed by atoms with Crippen LogP contribution in [-0.2, 0) is 6.42 Å². The van der Waals surface area contributed by atoms with Crippen LogP contribution < -0.4 is 10.2 Å². The molecule has 5 nitrogen and oxygen atoms in total. The van der Waals surface area contributed by atoms with Crippen LogP contribution in [-0.4, -0.2) is 29.8 Å². The van der Waals surface area contributed by atoms with Gasteiger partial charge in [0.25, 0.3) is 0 Å². The monoisotopic (exact) mass is 293 g/mol. The largest absolute Gasteiger partial charge is 0.337 e. The summed E-state index contributed by atoms with van der Waals surface area (Å²) in [5, 5.41) is 10.9. The topological polar surface area (TPSA) is 58.1 Å². The van der Waals surface area contributed by atoms with E-state index in [0.29, 0.717) is 16.0 Å². The fourth-order valence-electron chi connectivity index (χ4n) is 1.50. The zero-order valence-electron chi connectivity index (χ0n) is 10.4. The number of nitrogens with one attached hydrogen (secondary N) is 1. The van der Waals surface area contributed by atoms with E-state index >= 15 is 0 Å². The summed E-state index contributed by atoms with van der Waals surface area (Å²) in [6.07, 6.45) is 0.794. The van der Waals surface area contributed by atoms with Crippen LogP contribution in [0.2, 0.25) is 0 Å². The molecular weight excluding hydrogens is 280 g/mol. The molecule has 0 unspecified atom stereocenters. The van der Waals surface area contributed by atoms with Crippen molar-refractivity contribution in [1.29, 1.82) is 0 Å². The van der Waals surface area contributed by atoms with E-state index in [4.69, 9.17) is 12.6 Å². The van der Waals surface area contributed by atoms with Crippen LogP contribution in [0.15, 0.2) is 34.7 Å². The van der Waals surface area contributed by atoms with Crippen molar-refractivity contribution in [3.63, 3.8) is 0 Å². The molecule has 1 aromatic heterocycles. The number of carbonyl (C=O) groups is 1. The lowest BCUT2D eigenvalue weighted by molar-refractivity contribution is 0.247. The third-order valence-corrected chi connectivity index (χ3v) is 3.65.